The molecule has 0 N–H and O–H groups in total. The van der Waals surface area contributed by atoms with Gasteiger partial charge < -0.3 is 0 Å². The van der Waals surface area contributed by atoms with Crippen molar-refractivity contribution in [3.05, 3.63) is 29.4 Å². The molecule has 1 heterocycles. The van der Waals surface area contributed by atoms with Crippen LogP contribution in [0.25, 0.3) is 11.3 Å². The van der Waals surface area contributed by atoms with E-state index >= 15 is 0 Å². The SMILES string of the molecule is FC(F)Sc1ccc(-c2nsnc2Cl)cc1. The molecule has 16 heavy (non-hydrogen) atoms. The van der Waals surface area contributed by atoms with Crippen molar-refractivity contribution in [1.29, 1.82) is 0 Å². The fraction of sp³-hybridized carbons (Fsp3) is 0.111. The molecular formula is C9H5ClF2N2S2. The van der Waals surface area contributed by atoms with Gasteiger partial charge in [-0.2, -0.15) is 17.5 Å². The normalized spacial score (nSPS) is 11.0. The summed E-state index contributed by atoms with van der Waals surface area (Å²) >= 11 is 7.34. The van der Waals surface area contributed by atoms with Gasteiger partial charge in [0.2, 0.25) is 0 Å². The molecule has 0 saturated heterocycles. The largest absolute Gasteiger partial charge is 0.288 e. The first-order valence-corrected chi connectivity index (χ1v) is 6.19. The van der Waals surface area contributed by atoms with E-state index in [1.54, 1.807) is 24.3 Å². The van der Waals surface area contributed by atoms with Crippen LogP contribution in [0.15, 0.2) is 29.2 Å². The Balaban J connectivity index is 2.23. The van der Waals surface area contributed by atoms with Crippen LogP contribution in [0.2, 0.25) is 5.15 Å². The number of benzene rings is 1. The summed E-state index contributed by atoms with van der Waals surface area (Å²) in [5.41, 5.74) is 1.36. The van der Waals surface area contributed by atoms with E-state index in [0.29, 0.717) is 27.5 Å². The van der Waals surface area contributed by atoms with E-state index in [1.807, 2.05) is 0 Å². The van der Waals surface area contributed by atoms with Gasteiger partial charge in [-0.05, 0) is 12.1 Å². The van der Waals surface area contributed by atoms with Crippen LogP contribution in [0.3, 0.4) is 0 Å². The minimum atomic E-state index is -2.41. The van der Waals surface area contributed by atoms with E-state index in [1.165, 1.54) is 0 Å². The lowest BCUT2D eigenvalue weighted by molar-refractivity contribution is 0.252. The zero-order valence-electron chi connectivity index (χ0n) is 7.73. The fourth-order valence-corrected chi connectivity index (χ4v) is 2.41. The molecule has 0 radical (unpaired) electrons. The molecule has 84 valence electrons. The quantitative estimate of drug-likeness (QED) is 0.788. The molecule has 7 heteroatoms. The van der Waals surface area contributed by atoms with Gasteiger partial charge in [0.15, 0.2) is 5.15 Å². The van der Waals surface area contributed by atoms with E-state index in [-0.39, 0.29) is 0 Å². The third-order valence-corrected chi connectivity index (χ3v) is 3.42. The van der Waals surface area contributed by atoms with E-state index in [9.17, 15) is 8.78 Å². The molecule has 2 nitrogen and oxygen atoms in total. The van der Waals surface area contributed by atoms with E-state index in [4.69, 9.17) is 11.6 Å². The molecule has 1 aromatic carbocycles. The average Bonchev–Trinajstić information content (AvgIpc) is 2.65. The molecule has 0 amide bonds. The summed E-state index contributed by atoms with van der Waals surface area (Å²) in [6, 6.07) is 6.63. The first-order chi connectivity index (χ1) is 7.66. The summed E-state index contributed by atoms with van der Waals surface area (Å²) in [7, 11) is 0. The monoisotopic (exact) mass is 278 g/mol. The van der Waals surface area contributed by atoms with E-state index in [2.05, 4.69) is 8.75 Å². The van der Waals surface area contributed by atoms with Crippen molar-refractivity contribution in [1.82, 2.24) is 8.75 Å². The molecule has 0 atom stereocenters. The first-order valence-electron chi connectivity index (χ1n) is 4.20. The number of halogens is 3. The smallest absolute Gasteiger partial charge is 0.198 e. The zero-order valence-corrected chi connectivity index (χ0v) is 10.1. The Hall–Kier alpha value is -0.720. The van der Waals surface area contributed by atoms with Crippen LogP contribution in [-0.2, 0) is 0 Å². The van der Waals surface area contributed by atoms with E-state index in [0.717, 1.165) is 17.3 Å². The Bertz CT molecular complexity index is 473. The topological polar surface area (TPSA) is 25.8 Å². The van der Waals surface area contributed by atoms with Crippen LogP contribution < -0.4 is 0 Å². The molecule has 0 fully saturated rings. The van der Waals surface area contributed by atoms with Crippen molar-refractivity contribution in [3.8, 4) is 11.3 Å². The molecule has 0 spiro atoms. The third kappa shape index (κ3) is 2.69. The second-order valence-corrected chi connectivity index (χ2v) is 4.76. The van der Waals surface area contributed by atoms with Gasteiger partial charge in [0.05, 0.1) is 11.7 Å². The number of hydrogen-bond acceptors (Lipinski definition) is 4. The maximum Gasteiger partial charge on any atom is 0.288 e. The maximum atomic E-state index is 12.1. The number of nitrogens with zero attached hydrogens (tertiary/aromatic N) is 2. The second kappa shape index (κ2) is 5.07. The summed E-state index contributed by atoms with van der Waals surface area (Å²) in [5, 5.41) is 0.333. The molecule has 0 saturated carbocycles. The Kier molecular flexibility index (Phi) is 3.73. The Morgan fingerprint density at radius 3 is 2.38 bits per heavy atom. The summed E-state index contributed by atoms with van der Waals surface area (Å²) < 4.78 is 32.0. The molecular weight excluding hydrogens is 274 g/mol. The second-order valence-electron chi connectivity index (χ2n) is 2.81. The summed E-state index contributed by atoms with van der Waals surface area (Å²) in [4.78, 5) is 0.512. The predicted molar refractivity (Wildman–Crippen MR) is 62.2 cm³/mol. The maximum absolute atomic E-state index is 12.1. The Labute approximate surface area is 104 Å². The van der Waals surface area contributed by atoms with Crippen LogP contribution in [0, 0.1) is 0 Å². The standard InChI is InChI=1S/C9H5ClF2N2S2/c10-8-7(13-16-14-8)5-1-3-6(4-2-5)15-9(11)12/h1-4,9H. The molecule has 1 aromatic heterocycles. The van der Waals surface area contributed by atoms with Gasteiger partial charge in [0.25, 0.3) is 5.76 Å². The Morgan fingerprint density at radius 1 is 1.19 bits per heavy atom. The highest BCUT2D eigenvalue weighted by atomic mass is 35.5. The van der Waals surface area contributed by atoms with Gasteiger partial charge in [-0.1, -0.05) is 35.5 Å². The van der Waals surface area contributed by atoms with Gasteiger partial charge >= 0.3 is 0 Å². The van der Waals surface area contributed by atoms with Crippen molar-refractivity contribution in [3.63, 3.8) is 0 Å². The zero-order chi connectivity index (χ0) is 11.5. The summed E-state index contributed by atoms with van der Waals surface area (Å²) in [6.45, 7) is 0. The van der Waals surface area contributed by atoms with Crippen LogP contribution in [0.5, 0.6) is 0 Å². The molecule has 0 bridgehead atoms. The van der Waals surface area contributed by atoms with Gasteiger partial charge in [0, 0.05) is 10.5 Å². The van der Waals surface area contributed by atoms with Crippen molar-refractivity contribution in [2.75, 3.05) is 0 Å². The highest BCUT2D eigenvalue weighted by molar-refractivity contribution is 7.99. The average molecular weight is 279 g/mol. The lowest BCUT2D eigenvalue weighted by atomic mass is 10.2. The molecule has 2 rings (SSSR count). The van der Waals surface area contributed by atoms with E-state index < -0.39 is 5.76 Å². The van der Waals surface area contributed by atoms with Crippen LogP contribution in [0.4, 0.5) is 8.78 Å². The number of alkyl halides is 2. The van der Waals surface area contributed by atoms with Gasteiger partial charge in [-0.25, -0.2) is 0 Å². The lowest BCUT2D eigenvalue weighted by Crippen LogP contribution is -1.82. The number of rotatable bonds is 3. The molecule has 0 unspecified atom stereocenters. The van der Waals surface area contributed by atoms with Crippen LogP contribution in [0.1, 0.15) is 0 Å². The first kappa shape index (κ1) is 11.8. The number of aromatic nitrogens is 2. The van der Waals surface area contributed by atoms with Crippen molar-refractivity contribution < 1.29 is 8.78 Å². The van der Waals surface area contributed by atoms with Crippen molar-refractivity contribution in [2.45, 2.75) is 10.7 Å². The minimum absolute atomic E-state index is 0.333. The fourth-order valence-electron chi connectivity index (χ4n) is 1.14. The van der Waals surface area contributed by atoms with Crippen LogP contribution in [-0.4, -0.2) is 14.5 Å². The van der Waals surface area contributed by atoms with Crippen molar-refractivity contribution in [2.24, 2.45) is 0 Å². The summed E-state index contributed by atoms with van der Waals surface area (Å²) in [5.74, 6) is -2.41. The summed E-state index contributed by atoms with van der Waals surface area (Å²) in [6.07, 6.45) is 0. The third-order valence-electron chi connectivity index (χ3n) is 1.80. The van der Waals surface area contributed by atoms with Gasteiger partial charge in [-0.3, -0.25) is 0 Å². The molecule has 0 aliphatic carbocycles. The lowest BCUT2D eigenvalue weighted by Gasteiger charge is -2.01. The van der Waals surface area contributed by atoms with Crippen LogP contribution >= 0.6 is 35.1 Å². The highest BCUT2D eigenvalue weighted by Gasteiger charge is 2.09. The predicted octanol–water partition coefficient (Wildman–Crippen LogP) is 4.17. The number of hydrogen-bond donors (Lipinski definition) is 0. The van der Waals surface area contributed by atoms with Crippen molar-refractivity contribution >= 4 is 35.1 Å². The molecule has 0 aliphatic rings. The minimum Gasteiger partial charge on any atom is -0.198 e. The highest BCUT2D eigenvalue weighted by Crippen LogP contribution is 2.29. The Morgan fingerprint density at radius 2 is 1.88 bits per heavy atom. The molecule has 0 aliphatic heterocycles. The molecule has 2 aromatic rings. The van der Waals surface area contributed by atoms with Gasteiger partial charge in [-0.15, -0.1) is 0 Å². The van der Waals surface area contributed by atoms with Gasteiger partial charge in [0.1, 0.15) is 5.69 Å². The number of thioether (sulfide) groups is 1.